The number of aliphatic hydroxyl groups excluding tert-OH is 1. The first kappa shape index (κ1) is 13.2. The molecule has 0 saturated heterocycles. The molecule has 0 saturated carbocycles. The number of aliphatic hydroxyl groups is 1. The minimum atomic E-state index is -0.466. The average molecular weight is 292 g/mol. The monoisotopic (exact) mass is 292 g/mol. The first-order valence-electron chi connectivity index (χ1n) is 7.33. The molecular weight excluding hydrogens is 276 g/mol. The second-order valence-electron chi connectivity index (χ2n) is 5.63. The summed E-state index contributed by atoms with van der Waals surface area (Å²) >= 11 is 0. The summed E-state index contributed by atoms with van der Waals surface area (Å²) in [5.41, 5.74) is 4.74. The molecule has 2 aromatic heterocycles. The second kappa shape index (κ2) is 5.03. The summed E-state index contributed by atoms with van der Waals surface area (Å²) in [4.78, 5) is 13.1. The third-order valence-electron chi connectivity index (χ3n) is 4.12. The molecule has 5 heteroatoms. The Kier molecular flexibility index (Phi) is 3.01. The van der Waals surface area contributed by atoms with Gasteiger partial charge in [0.15, 0.2) is 5.82 Å². The predicted molar refractivity (Wildman–Crippen MR) is 84.6 cm³/mol. The number of nitrogens with zero attached hydrogens (tertiary/aromatic N) is 3. The van der Waals surface area contributed by atoms with E-state index in [1.165, 1.54) is 11.9 Å². The Bertz CT molecular complexity index is 849. The number of anilines is 1. The van der Waals surface area contributed by atoms with Gasteiger partial charge in [0.1, 0.15) is 11.8 Å². The van der Waals surface area contributed by atoms with Gasteiger partial charge in [-0.05, 0) is 30.2 Å². The normalized spacial score (nSPS) is 20.1. The SMILES string of the molecule is Cc1ccc2ncnc(N[C@@H]3c4ccccc4C[C@@H]3O)c2n1. The molecule has 110 valence electrons. The van der Waals surface area contributed by atoms with Crippen LogP contribution in [-0.4, -0.2) is 26.2 Å². The Labute approximate surface area is 128 Å². The van der Waals surface area contributed by atoms with Gasteiger partial charge in [-0.25, -0.2) is 15.0 Å². The molecule has 5 nitrogen and oxygen atoms in total. The van der Waals surface area contributed by atoms with Crippen LogP contribution in [0.4, 0.5) is 5.82 Å². The minimum absolute atomic E-state index is 0.170. The molecule has 1 aliphatic rings. The van der Waals surface area contributed by atoms with Gasteiger partial charge in [0.25, 0.3) is 0 Å². The fourth-order valence-corrected chi connectivity index (χ4v) is 3.04. The number of pyridine rings is 1. The first-order chi connectivity index (χ1) is 10.7. The van der Waals surface area contributed by atoms with E-state index in [0.717, 1.165) is 22.3 Å². The molecule has 3 aromatic rings. The summed E-state index contributed by atoms with van der Waals surface area (Å²) in [7, 11) is 0. The maximum absolute atomic E-state index is 10.4. The molecule has 0 fully saturated rings. The number of fused-ring (bicyclic) bond motifs is 2. The van der Waals surface area contributed by atoms with E-state index < -0.39 is 6.10 Å². The van der Waals surface area contributed by atoms with Gasteiger partial charge in [-0.3, -0.25) is 0 Å². The van der Waals surface area contributed by atoms with Crippen LogP contribution < -0.4 is 5.32 Å². The zero-order valence-corrected chi connectivity index (χ0v) is 12.2. The van der Waals surface area contributed by atoms with E-state index in [1.807, 2.05) is 37.3 Å². The largest absolute Gasteiger partial charge is 0.390 e. The van der Waals surface area contributed by atoms with Crippen LogP contribution >= 0.6 is 0 Å². The van der Waals surface area contributed by atoms with Gasteiger partial charge < -0.3 is 10.4 Å². The molecule has 0 amide bonds. The van der Waals surface area contributed by atoms with Crippen LogP contribution in [0.3, 0.4) is 0 Å². The molecule has 1 aliphatic carbocycles. The zero-order chi connectivity index (χ0) is 15.1. The van der Waals surface area contributed by atoms with Crippen molar-refractivity contribution < 1.29 is 5.11 Å². The van der Waals surface area contributed by atoms with Crippen molar-refractivity contribution in [2.75, 3.05) is 5.32 Å². The fraction of sp³-hybridized carbons (Fsp3) is 0.235. The van der Waals surface area contributed by atoms with Crippen molar-refractivity contribution in [3.05, 3.63) is 59.5 Å². The molecule has 0 aliphatic heterocycles. The molecule has 4 rings (SSSR count). The van der Waals surface area contributed by atoms with Crippen LogP contribution in [0.15, 0.2) is 42.7 Å². The third kappa shape index (κ3) is 2.10. The van der Waals surface area contributed by atoms with E-state index in [2.05, 4.69) is 26.3 Å². The molecule has 0 unspecified atom stereocenters. The van der Waals surface area contributed by atoms with Gasteiger partial charge in [0, 0.05) is 12.1 Å². The van der Waals surface area contributed by atoms with Gasteiger partial charge in [0.05, 0.1) is 17.7 Å². The van der Waals surface area contributed by atoms with Crippen LogP contribution in [0.25, 0.3) is 11.0 Å². The molecule has 2 N–H and O–H groups in total. The molecule has 22 heavy (non-hydrogen) atoms. The number of aromatic nitrogens is 3. The molecule has 0 radical (unpaired) electrons. The van der Waals surface area contributed by atoms with E-state index in [4.69, 9.17) is 0 Å². The second-order valence-corrected chi connectivity index (χ2v) is 5.63. The van der Waals surface area contributed by atoms with Gasteiger partial charge in [0.2, 0.25) is 0 Å². The lowest BCUT2D eigenvalue weighted by atomic mass is 10.1. The lowest BCUT2D eigenvalue weighted by molar-refractivity contribution is 0.165. The lowest BCUT2D eigenvalue weighted by Crippen LogP contribution is -2.22. The molecule has 2 heterocycles. The highest BCUT2D eigenvalue weighted by Crippen LogP contribution is 2.34. The highest BCUT2D eigenvalue weighted by atomic mass is 16.3. The maximum atomic E-state index is 10.4. The molecule has 1 aromatic carbocycles. The topological polar surface area (TPSA) is 70.9 Å². The van der Waals surface area contributed by atoms with Crippen molar-refractivity contribution in [2.45, 2.75) is 25.5 Å². The number of aryl methyl sites for hydroxylation is 1. The fourth-order valence-electron chi connectivity index (χ4n) is 3.04. The summed E-state index contributed by atoms with van der Waals surface area (Å²) in [5, 5.41) is 13.7. The van der Waals surface area contributed by atoms with Gasteiger partial charge in [-0.1, -0.05) is 24.3 Å². The quantitative estimate of drug-likeness (QED) is 0.759. The van der Waals surface area contributed by atoms with Crippen LogP contribution in [0, 0.1) is 6.92 Å². The van der Waals surface area contributed by atoms with Crippen molar-refractivity contribution in [1.82, 2.24) is 15.0 Å². The van der Waals surface area contributed by atoms with Gasteiger partial charge >= 0.3 is 0 Å². The number of hydrogen-bond donors (Lipinski definition) is 2. The van der Waals surface area contributed by atoms with E-state index in [0.29, 0.717) is 12.2 Å². The van der Waals surface area contributed by atoms with E-state index in [-0.39, 0.29) is 6.04 Å². The third-order valence-corrected chi connectivity index (χ3v) is 4.12. The number of nitrogens with one attached hydrogen (secondary N) is 1. The average Bonchev–Trinajstić information content (AvgIpc) is 2.84. The Hall–Kier alpha value is -2.53. The smallest absolute Gasteiger partial charge is 0.156 e. The van der Waals surface area contributed by atoms with E-state index >= 15 is 0 Å². The van der Waals surface area contributed by atoms with Crippen LogP contribution in [-0.2, 0) is 6.42 Å². The molecule has 0 spiro atoms. The maximum Gasteiger partial charge on any atom is 0.156 e. The van der Waals surface area contributed by atoms with Crippen molar-refractivity contribution >= 4 is 16.9 Å². The van der Waals surface area contributed by atoms with Crippen LogP contribution in [0.1, 0.15) is 22.9 Å². The molecule has 0 bridgehead atoms. The Morgan fingerprint density at radius 3 is 2.91 bits per heavy atom. The Morgan fingerprint density at radius 1 is 1.14 bits per heavy atom. The highest BCUT2D eigenvalue weighted by Gasteiger charge is 2.31. The summed E-state index contributed by atoms with van der Waals surface area (Å²) in [6.07, 6.45) is 1.71. The van der Waals surface area contributed by atoms with Gasteiger partial charge in [-0.2, -0.15) is 0 Å². The van der Waals surface area contributed by atoms with Crippen LogP contribution in [0.2, 0.25) is 0 Å². The number of benzene rings is 1. The Morgan fingerprint density at radius 2 is 2.00 bits per heavy atom. The summed E-state index contributed by atoms with van der Waals surface area (Å²) < 4.78 is 0. The van der Waals surface area contributed by atoms with Crippen LogP contribution in [0.5, 0.6) is 0 Å². The standard InChI is InChI=1S/C17H16N4O/c1-10-6-7-13-16(20-10)17(19-9-18-13)21-15-12-5-3-2-4-11(12)8-14(15)22/h2-7,9,14-15,22H,8H2,1H3,(H,18,19,21)/t14-,15+/m0/s1. The van der Waals surface area contributed by atoms with Crippen molar-refractivity contribution in [3.8, 4) is 0 Å². The number of hydrogen-bond acceptors (Lipinski definition) is 5. The van der Waals surface area contributed by atoms with Crippen molar-refractivity contribution in [3.63, 3.8) is 0 Å². The first-order valence-corrected chi connectivity index (χ1v) is 7.33. The molecular formula is C17H16N4O. The van der Waals surface area contributed by atoms with E-state index in [1.54, 1.807) is 0 Å². The Balaban J connectivity index is 1.77. The molecule has 2 atom stereocenters. The van der Waals surface area contributed by atoms with E-state index in [9.17, 15) is 5.11 Å². The van der Waals surface area contributed by atoms with Crippen molar-refractivity contribution in [1.29, 1.82) is 0 Å². The van der Waals surface area contributed by atoms with Gasteiger partial charge in [-0.15, -0.1) is 0 Å². The summed E-state index contributed by atoms with van der Waals surface area (Å²) in [6, 6.07) is 11.8. The summed E-state index contributed by atoms with van der Waals surface area (Å²) in [5.74, 6) is 0.662. The minimum Gasteiger partial charge on any atom is -0.390 e. The zero-order valence-electron chi connectivity index (χ0n) is 12.2. The highest BCUT2D eigenvalue weighted by molar-refractivity contribution is 5.85. The summed E-state index contributed by atoms with van der Waals surface area (Å²) in [6.45, 7) is 1.94. The van der Waals surface area contributed by atoms with Crippen molar-refractivity contribution in [2.24, 2.45) is 0 Å². The number of rotatable bonds is 2. The predicted octanol–water partition coefficient (Wildman–Crippen LogP) is 2.40. The lowest BCUT2D eigenvalue weighted by Gasteiger charge is -2.19.